The molecule has 0 amide bonds. The van der Waals surface area contributed by atoms with Gasteiger partial charge in [-0.05, 0) is 49.8 Å². The van der Waals surface area contributed by atoms with E-state index in [4.69, 9.17) is 9.73 Å². The molecule has 4 nitrogen and oxygen atoms in total. The molecule has 1 aromatic rings. The van der Waals surface area contributed by atoms with Crippen molar-refractivity contribution >= 4 is 41.7 Å². The summed E-state index contributed by atoms with van der Waals surface area (Å²) in [5.41, 5.74) is 1.48. The number of benzene rings is 1. The molecule has 0 aromatic heterocycles. The highest BCUT2D eigenvalue weighted by Crippen LogP contribution is 2.35. The van der Waals surface area contributed by atoms with E-state index in [-0.39, 0.29) is 28.7 Å². The maximum absolute atomic E-state index is 5.58. The number of piperidine rings is 1. The van der Waals surface area contributed by atoms with E-state index in [2.05, 4.69) is 60.7 Å². The second-order valence-corrected chi connectivity index (χ2v) is 9.17. The van der Waals surface area contributed by atoms with Crippen LogP contribution in [0.25, 0.3) is 0 Å². The van der Waals surface area contributed by atoms with Gasteiger partial charge in [0.15, 0.2) is 5.96 Å². The van der Waals surface area contributed by atoms with E-state index >= 15 is 0 Å². The number of likely N-dealkylation sites (tertiary alicyclic amines) is 1. The number of ether oxygens (including phenoxy) is 1. The Labute approximate surface area is 192 Å². The molecule has 2 fully saturated rings. The minimum Gasteiger partial charge on any atom is -0.381 e. The third-order valence-corrected chi connectivity index (χ3v) is 7.52. The predicted molar refractivity (Wildman–Crippen MR) is 132 cm³/mol. The van der Waals surface area contributed by atoms with Gasteiger partial charge in [0.2, 0.25) is 0 Å². The lowest BCUT2D eigenvalue weighted by molar-refractivity contribution is 0.0793. The van der Waals surface area contributed by atoms with E-state index in [0.29, 0.717) is 11.8 Å². The van der Waals surface area contributed by atoms with Gasteiger partial charge in [-0.3, -0.25) is 4.99 Å². The van der Waals surface area contributed by atoms with Crippen molar-refractivity contribution in [2.75, 3.05) is 45.6 Å². The van der Waals surface area contributed by atoms with Crippen LogP contribution >= 0.6 is 35.7 Å². The van der Waals surface area contributed by atoms with E-state index in [1.54, 1.807) is 0 Å². The summed E-state index contributed by atoms with van der Waals surface area (Å²) in [4.78, 5) is 7.56. The van der Waals surface area contributed by atoms with Crippen LogP contribution in [0.5, 0.6) is 0 Å². The highest BCUT2D eigenvalue weighted by Gasteiger charge is 2.33. The topological polar surface area (TPSA) is 36.9 Å². The summed E-state index contributed by atoms with van der Waals surface area (Å²) in [5, 5.41) is 3.54. The highest BCUT2D eigenvalue weighted by molar-refractivity contribution is 14.0. The standard InChI is InChI=1S/C22H35N3OS.HI/c1-4-23-21(24-17-22(27-3)11-14-26-15-12-22)25-13-10-20(18(2)16-25)19-8-6-5-7-9-19;/h5-9,18,20H,4,10-17H2,1-3H3,(H,23,24);1H. The van der Waals surface area contributed by atoms with Crippen molar-refractivity contribution in [1.29, 1.82) is 0 Å². The van der Waals surface area contributed by atoms with Crippen LogP contribution < -0.4 is 5.32 Å². The molecule has 28 heavy (non-hydrogen) atoms. The van der Waals surface area contributed by atoms with E-state index in [0.717, 1.165) is 58.2 Å². The molecule has 2 unspecified atom stereocenters. The predicted octanol–water partition coefficient (Wildman–Crippen LogP) is 4.61. The van der Waals surface area contributed by atoms with Gasteiger partial charge >= 0.3 is 0 Å². The van der Waals surface area contributed by atoms with E-state index < -0.39 is 0 Å². The van der Waals surface area contributed by atoms with E-state index in [1.807, 2.05) is 11.8 Å². The Balaban J connectivity index is 0.00000280. The van der Waals surface area contributed by atoms with Crippen LogP contribution in [0, 0.1) is 5.92 Å². The quantitative estimate of drug-likeness (QED) is 0.352. The van der Waals surface area contributed by atoms with Crippen LogP contribution in [0.1, 0.15) is 44.6 Å². The van der Waals surface area contributed by atoms with Crippen molar-refractivity contribution < 1.29 is 4.74 Å². The lowest BCUT2D eigenvalue weighted by Gasteiger charge is -2.40. The molecule has 158 valence electrons. The van der Waals surface area contributed by atoms with Crippen LogP contribution in [-0.4, -0.2) is 61.3 Å². The fourth-order valence-electron chi connectivity index (χ4n) is 4.35. The molecule has 2 saturated heterocycles. The lowest BCUT2D eigenvalue weighted by Crippen LogP contribution is -2.48. The molecule has 0 saturated carbocycles. The summed E-state index contributed by atoms with van der Waals surface area (Å²) < 4.78 is 5.82. The largest absolute Gasteiger partial charge is 0.381 e. The van der Waals surface area contributed by atoms with Crippen molar-refractivity contribution in [3.8, 4) is 0 Å². The summed E-state index contributed by atoms with van der Waals surface area (Å²) in [6.07, 6.45) is 5.62. The number of nitrogens with zero attached hydrogens (tertiary/aromatic N) is 2. The van der Waals surface area contributed by atoms with Crippen LogP contribution in [0.3, 0.4) is 0 Å². The average Bonchev–Trinajstić information content (AvgIpc) is 2.72. The minimum atomic E-state index is 0. The first kappa shape index (κ1) is 23.8. The SMILES string of the molecule is CCNC(=NCC1(SC)CCOCC1)N1CCC(c2ccccc2)C(C)C1.I. The number of halogens is 1. The summed E-state index contributed by atoms with van der Waals surface area (Å²) in [7, 11) is 0. The number of aliphatic imine (C=N–C) groups is 1. The zero-order chi connectivity index (χ0) is 19.1. The number of thioether (sulfide) groups is 1. The van der Waals surface area contributed by atoms with Gasteiger partial charge in [0, 0.05) is 37.6 Å². The van der Waals surface area contributed by atoms with Crippen LogP contribution in [0.4, 0.5) is 0 Å². The van der Waals surface area contributed by atoms with E-state index in [9.17, 15) is 0 Å². The first-order chi connectivity index (χ1) is 13.2. The number of hydrogen-bond donors (Lipinski definition) is 1. The molecular formula is C22H36IN3OS. The van der Waals surface area contributed by atoms with Gasteiger partial charge in [-0.1, -0.05) is 37.3 Å². The monoisotopic (exact) mass is 517 g/mol. The van der Waals surface area contributed by atoms with Gasteiger partial charge in [0.05, 0.1) is 6.54 Å². The summed E-state index contributed by atoms with van der Waals surface area (Å²) in [5.74, 6) is 2.37. The van der Waals surface area contributed by atoms with Gasteiger partial charge in [0.1, 0.15) is 0 Å². The van der Waals surface area contributed by atoms with Crippen LogP contribution in [-0.2, 0) is 4.74 Å². The highest BCUT2D eigenvalue weighted by atomic mass is 127. The van der Waals surface area contributed by atoms with Crippen molar-refractivity contribution in [3.63, 3.8) is 0 Å². The molecule has 0 spiro atoms. The zero-order valence-electron chi connectivity index (χ0n) is 17.5. The van der Waals surface area contributed by atoms with Gasteiger partial charge in [0.25, 0.3) is 0 Å². The van der Waals surface area contributed by atoms with Crippen molar-refractivity contribution in [2.45, 2.75) is 43.8 Å². The van der Waals surface area contributed by atoms with Crippen molar-refractivity contribution in [2.24, 2.45) is 10.9 Å². The second-order valence-electron chi connectivity index (χ2n) is 7.90. The Kier molecular flexibility index (Phi) is 9.90. The van der Waals surface area contributed by atoms with Crippen molar-refractivity contribution in [3.05, 3.63) is 35.9 Å². The number of rotatable bonds is 5. The molecule has 2 heterocycles. The molecule has 2 aliphatic rings. The summed E-state index contributed by atoms with van der Waals surface area (Å²) >= 11 is 1.96. The van der Waals surface area contributed by atoms with E-state index in [1.165, 1.54) is 12.0 Å². The molecule has 2 aliphatic heterocycles. The maximum atomic E-state index is 5.58. The molecule has 3 rings (SSSR count). The molecule has 0 radical (unpaired) electrons. The Morgan fingerprint density at radius 3 is 2.61 bits per heavy atom. The van der Waals surface area contributed by atoms with Crippen LogP contribution in [0.2, 0.25) is 0 Å². The van der Waals surface area contributed by atoms with Crippen LogP contribution in [0.15, 0.2) is 35.3 Å². The molecule has 6 heteroatoms. The minimum absolute atomic E-state index is 0. The number of hydrogen-bond acceptors (Lipinski definition) is 3. The Bertz CT molecular complexity index is 607. The van der Waals surface area contributed by atoms with Gasteiger partial charge in [-0.25, -0.2) is 0 Å². The normalized spacial score (nSPS) is 25.1. The number of guanidine groups is 1. The molecule has 1 N–H and O–H groups in total. The Morgan fingerprint density at radius 1 is 1.29 bits per heavy atom. The first-order valence-electron chi connectivity index (χ1n) is 10.4. The zero-order valence-corrected chi connectivity index (χ0v) is 20.7. The van der Waals surface area contributed by atoms with Gasteiger partial charge < -0.3 is 15.0 Å². The first-order valence-corrected chi connectivity index (χ1v) is 11.6. The Morgan fingerprint density at radius 2 is 2.00 bits per heavy atom. The Hall–Kier alpha value is -0.470. The molecule has 0 aliphatic carbocycles. The second kappa shape index (κ2) is 11.6. The molecule has 0 bridgehead atoms. The fraction of sp³-hybridized carbons (Fsp3) is 0.682. The average molecular weight is 518 g/mol. The molecular weight excluding hydrogens is 481 g/mol. The van der Waals surface area contributed by atoms with Crippen molar-refractivity contribution in [1.82, 2.24) is 10.2 Å². The van der Waals surface area contributed by atoms with Gasteiger partial charge in [-0.15, -0.1) is 24.0 Å². The number of nitrogens with one attached hydrogen (secondary N) is 1. The third-order valence-electron chi connectivity index (χ3n) is 6.12. The van der Waals surface area contributed by atoms with Gasteiger partial charge in [-0.2, -0.15) is 11.8 Å². The molecule has 1 aromatic carbocycles. The summed E-state index contributed by atoms with van der Waals surface area (Å²) in [6, 6.07) is 11.0. The summed E-state index contributed by atoms with van der Waals surface area (Å²) in [6.45, 7) is 10.2. The third kappa shape index (κ3) is 6.02. The maximum Gasteiger partial charge on any atom is 0.193 e. The molecule has 2 atom stereocenters. The lowest BCUT2D eigenvalue weighted by atomic mass is 9.82. The fourth-order valence-corrected chi connectivity index (χ4v) is 5.12. The smallest absolute Gasteiger partial charge is 0.193 e.